The third-order valence-electron chi connectivity index (χ3n) is 4.32. The van der Waals surface area contributed by atoms with Crippen molar-refractivity contribution in [2.75, 3.05) is 25.7 Å². The predicted molar refractivity (Wildman–Crippen MR) is 112 cm³/mol. The van der Waals surface area contributed by atoms with Crippen LogP contribution < -0.4 is 0 Å². The molecule has 0 aromatic rings. The van der Waals surface area contributed by atoms with Gasteiger partial charge in [-0.1, -0.05) is 90.9 Å². The molecule has 0 saturated heterocycles. The van der Waals surface area contributed by atoms with E-state index in [-0.39, 0.29) is 12.5 Å². The van der Waals surface area contributed by atoms with Gasteiger partial charge in [0.05, 0.1) is 19.8 Å². The summed E-state index contributed by atoms with van der Waals surface area (Å²) in [6.45, 7) is 5.47. The van der Waals surface area contributed by atoms with Crippen LogP contribution in [0.25, 0.3) is 0 Å². The smallest absolute Gasteiger partial charge is 0.287 e. The van der Waals surface area contributed by atoms with Gasteiger partial charge >= 0.3 is 7.82 Å². The van der Waals surface area contributed by atoms with Gasteiger partial charge in [-0.2, -0.15) is 0 Å². The lowest BCUT2D eigenvalue weighted by Crippen LogP contribution is -2.04. The van der Waals surface area contributed by atoms with Gasteiger partial charge in [0, 0.05) is 5.88 Å². The predicted octanol–water partition coefficient (Wildman–Crippen LogP) is 7.88. The molecule has 0 bridgehead atoms. The molecule has 4 nitrogen and oxygen atoms in total. The van der Waals surface area contributed by atoms with Gasteiger partial charge in [0.15, 0.2) is 0 Å². The van der Waals surface area contributed by atoms with Crippen LogP contribution in [0.3, 0.4) is 0 Å². The Kier molecular flexibility index (Phi) is 20.5. The van der Waals surface area contributed by atoms with E-state index in [9.17, 15) is 4.57 Å². The van der Waals surface area contributed by atoms with Crippen LogP contribution in [0.2, 0.25) is 0 Å². The second-order valence-electron chi connectivity index (χ2n) is 6.88. The summed E-state index contributed by atoms with van der Waals surface area (Å²) in [4.78, 5) is 0. The highest BCUT2D eigenvalue weighted by Crippen LogP contribution is 2.49. The Labute approximate surface area is 167 Å². The summed E-state index contributed by atoms with van der Waals surface area (Å²) in [6, 6.07) is 0. The summed E-state index contributed by atoms with van der Waals surface area (Å²) in [5, 5.41) is 0. The zero-order valence-electron chi connectivity index (χ0n) is 17.2. The van der Waals surface area contributed by atoms with Crippen molar-refractivity contribution in [3.05, 3.63) is 0 Å². The molecule has 158 valence electrons. The van der Waals surface area contributed by atoms with Crippen molar-refractivity contribution in [3.63, 3.8) is 0 Å². The number of hydrogen-bond acceptors (Lipinski definition) is 4. The first kappa shape index (κ1) is 26.4. The number of phosphoric ester groups is 1. The number of alkyl halides is 1. The Morgan fingerprint density at radius 3 is 1.31 bits per heavy atom. The molecule has 0 heterocycles. The van der Waals surface area contributed by atoms with Gasteiger partial charge in [-0.15, -0.1) is 11.6 Å². The standard InChI is InChI=1S/C20H42ClO4P/c1-3-5-7-9-11-13-15-18-23-26(22,25-20-17-21)24-19-16-14-12-10-8-6-4-2/h3-20H2,1-2H3. The molecule has 0 fully saturated rings. The fraction of sp³-hybridized carbons (Fsp3) is 1.00. The number of halogens is 1. The molecule has 0 aromatic carbocycles. The molecule has 0 aliphatic rings. The Morgan fingerprint density at radius 1 is 0.577 bits per heavy atom. The maximum Gasteiger partial charge on any atom is 0.474 e. The third kappa shape index (κ3) is 17.8. The summed E-state index contributed by atoms with van der Waals surface area (Å²) in [7, 11) is -3.45. The lowest BCUT2D eigenvalue weighted by atomic mass is 10.1. The van der Waals surface area contributed by atoms with Crippen LogP contribution in [0.15, 0.2) is 0 Å². The summed E-state index contributed by atoms with van der Waals surface area (Å²) in [5.74, 6) is 0.283. The average molecular weight is 413 g/mol. The Morgan fingerprint density at radius 2 is 0.923 bits per heavy atom. The first-order valence-corrected chi connectivity index (χ1v) is 12.8. The van der Waals surface area contributed by atoms with Crippen LogP contribution in [0.5, 0.6) is 0 Å². The molecule has 0 aliphatic carbocycles. The van der Waals surface area contributed by atoms with E-state index in [2.05, 4.69) is 13.8 Å². The van der Waals surface area contributed by atoms with Crippen molar-refractivity contribution in [1.82, 2.24) is 0 Å². The normalized spacial score (nSPS) is 12.0. The van der Waals surface area contributed by atoms with Crippen molar-refractivity contribution < 1.29 is 18.1 Å². The van der Waals surface area contributed by atoms with Crippen molar-refractivity contribution in [2.45, 2.75) is 104 Å². The number of unbranched alkanes of at least 4 members (excludes halogenated alkanes) is 12. The van der Waals surface area contributed by atoms with E-state index in [1.165, 1.54) is 64.2 Å². The molecule has 0 N–H and O–H groups in total. The van der Waals surface area contributed by atoms with E-state index in [1.807, 2.05) is 0 Å². The van der Waals surface area contributed by atoms with Crippen LogP contribution in [0.1, 0.15) is 104 Å². The number of hydrogen-bond donors (Lipinski definition) is 0. The fourth-order valence-corrected chi connectivity index (χ4v) is 4.16. The Hall–Kier alpha value is 0.400. The van der Waals surface area contributed by atoms with Gasteiger partial charge in [-0.25, -0.2) is 4.57 Å². The monoisotopic (exact) mass is 412 g/mol. The van der Waals surface area contributed by atoms with E-state index in [4.69, 9.17) is 25.2 Å². The number of rotatable bonds is 21. The molecule has 0 rings (SSSR count). The highest BCUT2D eigenvalue weighted by molar-refractivity contribution is 7.48. The maximum absolute atomic E-state index is 12.6. The van der Waals surface area contributed by atoms with Gasteiger partial charge in [0.1, 0.15) is 0 Å². The molecule has 0 saturated carbocycles. The zero-order chi connectivity index (χ0) is 19.3. The van der Waals surface area contributed by atoms with Gasteiger partial charge in [-0.05, 0) is 12.8 Å². The van der Waals surface area contributed by atoms with Crippen molar-refractivity contribution in [2.24, 2.45) is 0 Å². The second-order valence-corrected chi connectivity index (χ2v) is 8.93. The first-order valence-electron chi connectivity index (χ1n) is 10.8. The maximum atomic E-state index is 12.6. The molecule has 0 amide bonds. The van der Waals surface area contributed by atoms with E-state index < -0.39 is 7.82 Å². The van der Waals surface area contributed by atoms with E-state index in [0.717, 1.165) is 25.7 Å². The first-order chi connectivity index (χ1) is 12.7. The molecule has 0 unspecified atom stereocenters. The Bertz CT molecular complexity index is 305. The molecule has 6 heteroatoms. The molecule has 0 aliphatic heterocycles. The third-order valence-corrected chi connectivity index (χ3v) is 5.97. The van der Waals surface area contributed by atoms with Gasteiger partial charge in [-0.3, -0.25) is 13.6 Å². The van der Waals surface area contributed by atoms with Crippen molar-refractivity contribution >= 4 is 19.4 Å². The van der Waals surface area contributed by atoms with Gasteiger partial charge < -0.3 is 0 Å². The van der Waals surface area contributed by atoms with E-state index in [0.29, 0.717) is 13.2 Å². The largest absolute Gasteiger partial charge is 0.474 e. The molecule has 0 radical (unpaired) electrons. The number of phosphoric acid groups is 1. The van der Waals surface area contributed by atoms with Crippen molar-refractivity contribution in [3.8, 4) is 0 Å². The summed E-state index contributed by atoms with van der Waals surface area (Å²) in [5.41, 5.74) is 0. The van der Waals surface area contributed by atoms with Gasteiger partial charge in [0.2, 0.25) is 0 Å². The zero-order valence-corrected chi connectivity index (χ0v) is 18.8. The minimum absolute atomic E-state index is 0.187. The molecular formula is C20H42ClO4P. The van der Waals surface area contributed by atoms with Crippen LogP contribution >= 0.6 is 19.4 Å². The second kappa shape index (κ2) is 20.1. The molecule has 26 heavy (non-hydrogen) atoms. The van der Waals surface area contributed by atoms with Crippen LogP contribution in [-0.2, 0) is 18.1 Å². The average Bonchev–Trinajstić information content (AvgIpc) is 2.64. The molecule has 0 spiro atoms. The summed E-state index contributed by atoms with van der Waals surface area (Å²) < 4.78 is 28.8. The minimum atomic E-state index is -3.45. The SMILES string of the molecule is CCCCCCCCCOP(=O)(OCCCl)OCCCCCCCCC. The fourth-order valence-electron chi connectivity index (χ4n) is 2.73. The molecule has 0 aromatic heterocycles. The van der Waals surface area contributed by atoms with E-state index in [1.54, 1.807) is 0 Å². The van der Waals surface area contributed by atoms with E-state index >= 15 is 0 Å². The summed E-state index contributed by atoms with van der Waals surface area (Å²) >= 11 is 5.64. The minimum Gasteiger partial charge on any atom is -0.287 e. The molecular weight excluding hydrogens is 371 g/mol. The highest BCUT2D eigenvalue weighted by atomic mass is 35.5. The lowest BCUT2D eigenvalue weighted by molar-refractivity contribution is 0.114. The quantitative estimate of drug-likeness (QED) is 0.109. The Balaban J connectivity index is 3.80. The highest BCUT2D eigenvalue weighted by Gasteiger charge is 2.25. The summed E-state index contributed by atoms with van der Waals surface area (Å²) in [6.07, 6.45) is 16.7. The van der Waals surface area contributed by atoms with Crippen LogP contribution in [-0.4, -0.2) is 25.7 Å². The molecule has 0 atom stereocenters. The topological polar surface area (TPSA) is 44.8 Å². The van der Waals surface area contributed by atoms with Crippen LogP contribution in [0, 0.1) is 0 Å². The van der Waals surface area contributed by atoms with Crippen molar-refractivity contribution in [1.29, 1.82) is 0 Å². The van der Waals surface area contributed by atoms with Crippen LogP contribution in [0.4, 0.5) is 0 Å². The van der Waals surface area contributed by atoms with Gasteiger partial charge in [0.25, 0.3) is 0 Å². The lowest BCUT2D eigenvalue weighted by Gasteiger charge is -2.17.